The molecule has 0 bridgehead atoms. The van der Waals surface area contributed by atoms with Gasteiger partial charge in [-0.15, -0.1) is 0 Å². The van der Waals surface area contributed by atoms with E-state index in [2.05, 4.69) is 4.74 Å². The molecular weight excluding hydrogens is 268 g/mol. The molecule has 1 rings (SSSR count). The molecule has 2 N–H and O–H groups in total. The maximum Gasteiger partial charge on any atom is 0.325 e. The largest absolute Gasteiger partial charge is 0.468 e. The summed E-state index contributed by atoms with van der Waals surface area (Å²) in [5.41, 5.74) is 7.12. The lowest BCUT2D eigenvalue weighted by Crippen LogP contribution is -2.46. The van der Waals surface area contributed by atoms with E-state index in [1.165, 1.54) is 12.0 Å². The number of rotatable bonds is 8. The summed E-state index contributed by atoms with van der Waals surface area (Å²) < 4.78 is 4.61. The van der Waals surface area contributed by atoms with Crippen LogP contribution in [0.25, 0.3) is 0 Å². The van der Waals surface area contributed by atoms with Gasteiger partial charge in [-0.05, 0) is 24.8 Å². The molecule has 5 nitrogen and oxygen atoms in total. The van der Waals surface area contributed by atoms with Crippen molar-refractivity contribution in [1.29, 1.82) is 0 Å². The van der Waals surface area contributed by atoms with Crippen molar-refractivity contribution in [3.63, 3.8) is 0 Å². The maximum absolute atomic E-state index is 12.3. The Hall–Kier alpha value is -1.88. The molecule has 1 aromatic carbocycles. The van der Waals surface area contributed by atoms with Gasteiger partial charge in [-0.2, -0.15) is 0 Å². The monoisotopic (exact) mass is 292 g/mol. The number of esters is 1. The Labute approximate surface area is 126 Å². The van der Waals surface area contributed by atoms with E-state index >= 15 is 0 Å². The number of hydrogen-bond donors (Lipinski definition) is 1. The Morgan fingerprint density at radius 2 is 1.95 bits per heavy atom. The van der Waals surface area contributed by atoms with Crippen molar-refractivity contribution < 1.29 is 14.3 Å². The highest BCUT2D eigenvalue weighted by atomic mass is 16.5. The van der Waals surface area contributed by atoms with Gasteiger partial charge in [0.1, 0.15) is 6.54 Å². The average Bonchev–Trinajstić information content (AvgIpc) is 2.52. The molecule has 0 radical (unpaired) electrons. The van der Waals surface area contributed by atoms with E-state index < -0.39 is 12.0 Å². The summed E-state index contributed by atoms with van der Waals surface area (Å²) >= 11 is 0. The summed E-state index contributed by atoms with van der Waals surface area (Å²) in [5, 5.41) is 0. The first-order valence-electron chi connectivity index (χ1n) is 7.23. The Morgan fingerprint density at radius 3 is 2.52 bits per heavy atom. The van der Waals surface area contributed by atoms with Gasteiger partial charge in [0.25, 0.3) is 0 Å². The van der Waals surface area contributed by atoms with Gasteiger partial charge in [0.15, 0.2) is 0 Å². The van der Waals surface area contributed by atoms with E-state index in [0.717, 1.165) is 18.4 Å². The van der Waals surface area contributed by atoms with Crippen molar-refractivity contribution in [3.05, 3.63) is 35.9 Å². The summed E-state index contributed by atoms with van der Waals surface area (Å²) in [7, 11) is 1.31. The SMILES string of the molecule is CCCN(CC(=O)OC)C(=O)[C@@H](N)CCc1ccccc1. The van der Waals surface area contributed by atoms with Crippen LogP contribution in [0, 0.1) is 0 Å². The van der Waals surface area contributed by atoms with Crippen LogP contribution < -0.4 is 5.73 Å². The second kappa shape index (κ2) is 9.13. The zero-order valence-corrected chi connectivity index (χ0v) is 12.7. The summed E-state index contributed by atoms with van der Waals surface area (Å²) in [5.74, 6) is -0.620. The zero-order valence-electron chi connectivity index (χ0n) is 12.7. The predicted octanol–water partition coefficient (Wildman–Crippen LogP) is 1.36. The molecule has 0 heterocycles. The van der Waals surface area contributed by atoms with Crippen LogP contribution in [-0.2, 0) is 20.7 Å². The summed E-state index contributed by atoms with van der Waals surface area (Å²) in [6.45, 7) is 2.42. The number of aryl methyl sites for hydroxylation is 1. The highest BCUT2D eigenvalue weighted by Crippen LogP contribution is 2.06. The molecule has 5 heteroatoms. The van der Waals surface area contributed by atoms with Crippen LogP contribution in [0.2, 0.25) is 0 Å². The number of amides is 1. The number of nitrogens with two attached hydrogens (primary N) is 1. The molecule has 0 saturated heterocycles. The van der Waals surface area contributed by atoms with Gasteiger partial charge in [0, 0.05) is 6.54 Å². The highest BCUT2D eigenvalue weighted by Gasteiger charge is 2.22. The van der Waals surface area contributed by atoms with E-state index in [1.54, 1.807) is 0 Å². The third-order valence-corrected chi connectivity index (χ3v) is 3.26. The Kier molecular flexibility index (Phi) is 7.46. The fourth-order valence-electron chi connectivity index (χ4n) is 2.08. The van der Waals surface area contributed by atoms with Crippen LogP contribution in [0.15, 0.2) is 30.3 Å². The summed E-state index contributed by atoms with van der Waals surface area (Å²) in [6, 6.07) is 9.30. The third-order valence-electron chi connectivity index (χ3n) is 3.26. The van der Waals surface area contributed by atoms with Crippen LogP contribution in [0.5, 0.6) is 0 Å². The molecule has 1 aromatic rings. The first-order chi connectivity index (χ1) is 10.1. The minimum Gasteiger partial charge on any atom is -0.468 e. The van der Waals surface area contributed by atoms with Crippen LogP contribution in [-0.4, -0.2) is 43.0 Å². The first kappa shape index (κ1) is 17.2. The Morgan fingerprint density at radius 1 is 1.29 bits per heavy atom. The lowest BCUT2D eigenvalue weighted by molar-refractivity contribution is -0.147. The molecule has 0 saturated carbocycles. The van der Waals surface area contributed by atoms with Crippen molar-refractivity contribution in [3.8, 4) is 0 Å². The van der Waals surface area contributed by atoms with E-state index in [0.29, 0.717) is 13.0 Å². The number of carbonyl (C=O) groups excluding carboxylic acids is 2. The fourth-order valence-corrected chi connectivity index (χ4v) is 2.08. The van der Waals surface area contributed by atoms with Crippen LogP contribution in [0.4, 0.5) is 0 Å². The van der Waals surface area contributed by atoms with E-state index in [1.807, 2.05) is 37.3 Å². The molecule has 0 aliphatic rings. The molecule has 1 atom stereocenters. The second-order valence-corrected chi connectivity index (χ2v) is 4.97. The van der Waals surface area contributed by atoms with E-state index in [9.17, 15) is 9.59 Å². The quantitative estimate of drug-likeness (QED) is 0.734. The summed E-state index contributed by atoms with van der Waals surface area (Å²) in [4.78, 5) is 25.1. The molecule has 116 valence electrons. The van der Waals surface area contributed by atoms with Gasteiger partial charge in [0.2, 0.25) is 5.91 Å². The second-order valence-electron chi connectivity index (χ2n) is 4.97. The lowest BCUT2D eigenvalue weighted by atomic mass is 10.0. The van der Waals surface area contributed by atoms with Crippen molar-refractivity contribution >= 4 is 11.9 Å². The van der Waals surface area contributed by atoms with Crippen LogP contribution >= 0.6 is 0 Å². The van der Waals surface area contributed by atoms with Crippen molar-refractivity contribution in [2.75, 3.05) is 20.2 Å². The predicted molar refractivity (Wildman–Crippen MR) is 81.6 cm³/mol. The molecular formula is C16H24N2O3. The van der Waals surface area contributed by atoms with Gasteiger partial charge in [-0.1, -0.05) is 37.3 Å². The van der Waals surface area contributed by atoms with Crippen LogP contribution in [0.1, 0.15) is 25.3 Å². The van der Waals surface area contributed by atoms with Gasteiger partial charge >= 0.3 is 5.97 Å². The molecule has 1 amide bonds. The highest BCUT2D eigenvalue weighted by molar-refractivity contribution is 5.85. The van der Waals surface area contributed by atoms with Crippen molar-refractivity contribution in [1.82, 2.24) is 4.90 Å². The van der Waals surface area contributed by atoms with E-state index in [4.69, 9.17) is 5.73 Å². The number of ether oxygens (including phenoxy) is 1. The van der Waals surface area contributed by atoms with Gasteiger partial charge < -0.3 is 15.4 Å². The minimum atomic E-state index is -0.596. The number of hydrogen-bond acceptors (Lipinski definition) is 4. The molecule has 0 unspecified atom stereocenters. The smallest absolute Gasteiger partial charge is 0.325 e. The lowest BCUT2D eigenvalue weighted by Gasteiger charge is -2.24. The number of carbonyl (C=O) groups is 2. The minimum absolute atomic E-state index is 0.0395. The molecule has 21 heavy (non-hydrogen) atoms. The normalized spacial score (nSPS) is 11.8. The molecule has 0 aliphatic carbocycles. The van der Waals surface area contributed by atoms with Gasteiger partial charge in [0.05, 0.1) is 13.2 Å². The van der Waals surface area contributed by atoms with Crippen molar-refractivity contribution in [2.24, 2.45) is 5.73 Å². The Bertz CT molecular complexity index is 448. The number of nitrogens with zero attached hydrogens (tertiary/aromatic N) is 1. The van der Waals surface area contributed by atoms with Gasteiger partial charge in [-0.3, -0.25) is 9.59 Å². The summed E-state index contributed by atoms with van der Waals surface area (Å²) in [6.07, 6.45) is 2.07. The zero-order chi connectivity index (χ0) is 15.7. The number of benzene rings is 1. The third kappa shape index (κ3) is 5.95. The molecule has 0 spiro atoms. The first-order valence-corrected chi connectivity index (χ1v) is 7.23. The molecule has 0 aliphatic heterocycles. The molecule has 0 aromatic heterocycles. The maximum atomic E-state index is 12.3. The van der Waals surface area contributed by atoms with Crippen molar-refractivity contribution in [2.45, 2.75) is 32.2 Å². The topological polar surface area (TPSA) is 72.6 Å². The standard InChI is InChI=1S/C16H24N2O3/c1-3-11-18(12-15(19)21-2)16(20)14(17)10-9-13-7-5-4-6-8-13/h4-8,14H,3,9-12,17H2,1-2H3/t14-/m0/s1. The van der Waals surface area contributed by atoms with Gasteiger partial charge in [-0.25, -0.2) is 0 Å². The Balaban J connectivity index is 2.54. The fraction of sp³-hybridized carbons (Fsp3) is 0.500. The average molecular weight is 292 g/mol. The molecule has 0 fully saturated rings. The van der Waals surface area contributed by atoms with Crippen LogP contribution in [0.3, 0.4) is 0 Å². The number of methoxy groups -OCH3 is 1. The van der Waals surface area contributed by atoms with E-state index in [-0.39, 0.29) is 12.5 Å².